The van der Waals surface area contributed by atoms with Crippen molar-refractivity contribution in [2.24, 2.45) is 0 Å². The SMILES string of the molecule is Cc1cc2nc(N)c(O[C@@H](C)c3cc4[nH]ncc4cc3-n3cccn3)cc2cn1. The maximum atomic E-state index is 6.24. The van der Waals surface area contributed by atoms with Gasteiger partial charge in [0.05, 0.1) is 22.9 Å². The number of aromatic nitrogens is 6. The van der Waals surface area contributed by atoms with Gasteiger partial charge in [0.1, 0.15) is 6.10 Å². The van der Waals surface area contributed by atoms with Crippen molar-refractivity contribution in [3.8, 4) is 11.4 Å². The van der Waals surface area contributed by atoms with Crippen LogP contribution in [-0.2, 0) is 0 Å². The van der Waals surface area contributed by atoms with Crippen LogP contribution in [0.4, 0.5) is 5.82 Å². The highest BCUT2D eigenvalue weighted by Crippen LogP contribution is 2.33. The largest absolute Gasteiger partial charge is 0.482 e. The third kappa shape index (κ3) is 3.04. The Labute approximate surface area is 166 Å². The van der Waals surface area contributed by atoms with Crippen molar-refractivity contribution >= 4 is 27.6 Å². The van der Waals surface area contributed by atoms with Gasteiger partial charge in [0.25, 0.3) is 0 Å². The van der Waals surface area contributed by atoms with Crippen LogP contribution in [0.5, 0.6) is 5.75 Å². The molecule has 8 heteroatoms. The minimum Gasteiger partial charge on any atom is -0.482 e. The van der Waals surface area contributed by atoms with Gasteiger partial charge in [-0.2, -0.15) is 10.2 Å². The van der Waals surface area contributed by atoms with Crippen LogP contribution in [0.1, 0.15) is 24.3 Å². The molecule has 4 aromatic heterocycles. The topological polar surface area (TPSA) is 108 Å². The quantitative estimate of drug-likeness (QED) is 0.488. The van der Waals surface area contributed by atoms with Crippen LogP contribution >= 0.6 is 0 Å². The van der Waals surface area contributed by atoms with E-state index in [-0.39, 0.29) is 6.10 Å². The molecule has 3 N–H and O–H groups in total. The number of nitrogens with two attached hydrogens (primary N) is 1. The maximum absolute atomic E-state index is 6.24. The highest BCUT2D eigenvalue weighted by molar-refractivity contribution is 5.83. The van der Waals surface area contributed by atoms with E-state index in [0.717, 1.165) is 38.8 Å². The lowest BCUT2D eigenvalue weighted by Gasteiger charge is -2.20. The molecular weight excluding hydrogens is 366 g/mol. The van der Waals surface area contributed by atoms with Gasteiger partial charge < -0.3 is 10.5 Å². The monoisotopic (exact) mass is 385 g/mol. The molecule has 8 nitrogen and oxygen atoms in total. The van der Waals surface area contributed by atoms with Gasteiger partial charge in [-0.25, -0.2) is 9.67 Å². The molecule has 0 aliphatic heterocycles. The van der Waals surface area contributed by atoms with Gasteiger partial charge in [0, 0.05) is 40.6 Å². The van der Waals surface area contributed by atoms with E-state index < -0.39 is 0 Å². The molecule has 1 aromatic carbocycles. The standard InChI is InChI=1S/C21H19N7O/c1-12-6-17-15(10-23-12)8-20(21(22)26-17)29-13(2)16-9-18-14(11-24-27-18)7-19(16)28-5-3-4-25-28/h3-11,13H,1-2H3,(H2,22,26)(H,24,27)/t13-/m0/s1. The van der Waals surface area contributed by atoms with Gasteiger partial charge in [-0.05, 0) is 44.2 Å². The number of hydrogen-bond acceptors (Lipinski definition) is 6. The summed E-state index contributed by atoms with van der Waals surface area (Å²) in [6.45, 7) is 3.90. The van der Waals surface area contributed by atoms with Crippen LogP contribution in [-0.4, -0.2) is 29.9 Å². The molecule has 144 valence electrons. The van der Waals surface area contributed by atoms with Crippen molar-refractivity contribution in [3.63, 3.8) is 0 Å². The van der Waals surface area contributed by atoms with Crippen LogP contribution in [0.25, 0.3) is 27.5 Å². The van der Waals surface area contributed by atoms with Gasteiger partial charge >= 0.3 is 0 Å². The highest BCUT2D eigenvalue weighted by atomic mass is 16.5. The average molecular weight is 385 g/mol. The van der Waals surface area contributed by atoms with E-state index in [0.29, 0.717) is 11.6 Å². The first kappa shape index (κ1) is 17.2. The molecule has 4 heterocycles. The number of fused-ring (bicyclic) bond motifs is 2. The fraction of sp³-hybridized carbons (Fsp3) is 0.143. The molecule has 0 spiro atoms. The van der Waals surface area contributed by atoms with Crippen molar-refractivity contribution in [2.45, 2.75) is 20.0 Å². The smallest absolute Gasteiger partial charge is 0.166 e. The number of aryl methyl sites for hydroxylation is 1. The number of anilines is 1. The molecule has 0 aliphatic carbocycles. The molecule has 0 fully saturated rings. The summed E-state index contributed by atoms with van der Waals surface area (Å²) in [6, 6.07) is 9.73. The summed E-state index contributed by atoms with van der Waals surface area (Å²) in [6.07, 6.45) is 6.91. The average Bonchev–Trinajstić information content (AvgIpc) is 3.39. The summed E-state index contributed by atoms with van der Waals surface area (Å²) in [5.74, 6) is 0.866. The predicted octanol–water partition coefficient (Wildman–Crippen LogP) is 3.72. The number of hydrogen-bond donors (Lipinski definition) is 2. The number of H-pyrrole nitrogens is 1. The zero-order valence-corrected chi connectivity index (χ0v) is 16.0. The minimum absolute atomic E-state index is 0.304. The second-order valence-electron chi connectivity index (χ2n) is 6.97. The lowest BCUT2D eigenvalue weighted by Crippen LogP contribution is -2.10. The number of nitrogens with zero attached hydrogens (tertiary/aromatic N) is 5. The fourth-order valence-corrected chi connectivity index (χ4v) is 3.44. The van der Waals surface area contributed by atoms with Crippen molar-refractivity contribution in [1.82, 2.24) is 29.9 Å². The predicted molar refractivity (Wildman–Crippen MR) is 111 cm³/mol. The molecular formula is C21H19N7O. The van der Waals surface area contributed by atoms with E-state index in [2.05, 4.69) is 25.3 Å². The molecule has 0 saturated carbocycles. The van der Waals surface area contributed by atoms with Crippen molar-refractivity contribution < 1.29 is 4.74 Å². The molecule has 5 rings (SSSR count). The summed E-state index contributed by atoms with van der Waals surface area (Å²) in [5.41, 5.74) is 10.7. The second-order valence-corrected chi connectivity index (χ2v) is 6.97. The Morgan fingerprint density at radius 3 is 2.86 bits per heavy atom. The summed E-state index contributed by atoms with van der Waals surface area (Å²) in [5, 5.41) is 13.4. The Kier molecular flexibility index (Phi) is 3.90. The van der Waals surface area contributed by atoms with E-state index in [9.17, 15) is 0 Å². The van der Waals surface area contributed by atoms with Crippen LogP contribution in [0, 0.1) is 6.92 Å². The summed E-state index contributed by atoms with van der Waals surface area (Å²) in [4.78, 5) is 8.81. The molecule has 29 heavy (non-hydrogen) atoms. The molecule has 0 aliphatic rings. The van der Waals surface area contributed by atoms with Gasteiger partial charge in [-0.15, -0.1) is 0 Å². The number of nitrogen functional groups attached to an aromatic ring is 1. The first-order valence-electron chi connectivity index (χ1n) is 9.25. The first-order chi connectivity index (χ1) is 14.1. The van der Waals surface area contributed by atoms with Gasteiger partial charge in [-0.3, -0.25) is 10.1 Å². The van der Waals surface area contributed by atoms with Crippen molar-refractivity contribution in [3.05, 3.63) is 66.4 Å². The minimum atomic E-state index is -0.304. The zero-order valence-electron chi connectivity index (χ0n) is 16.0. The lowest BCUT2D eigenvalue weighted by molar-refractivity contribution is 0.227. The Bertz CT molecular complexity index is 1320. The van der Waals surface area contributed by atoms with Crippen LogP contribution in [0.3, 0.4) is 0 Å². The molecule has 0 saturated heterocycles. The number of nitrogens with one attached hydrogen (secondary N) is 1. The van der Waals surface area contributed by atoms with Crippen LogP contribution in [0.2, 0.25) is 0 Å². The Morgan fingerprint density at radius 1 is 1.14 bits per heavy atom. The third-order valence-electron chi connectivity index (χ3n) is 4.91. The zero-order chi connectivity index (χ0) is 20.0. The Balaban J connectivity index is 1.57. The molecule has 0 bridgehead atoms. The van der Waals surface area contributed by atoms with Crippen molar-refractivity contribution in [1.29, 1.82) is 0 Å². The van der Waals surface area contributed by atoms with Gasteiger partial charge in [0.15, 0.2) is 11.6 Å². The normalized spacial score (nSPS) is 12.5. The first-order valence-corrected chi connectivity index (χ1v) is 9.25. The van der Waals surface area contributed by atoms with E-state index in [4.69, 9.17) is 10.5 Å². The third-order valence-corrected chi connectivity index (χ3v) is 4.91. The summed E-state index contributed by atoms with van der Waals surface area (Å²) >= 11 is 0. The molecule has 5 aromatic rings. The summed E-state index contributed by atoms with van der Waals surface area (Å²) < 4.78 is 8.06. The van der Waals surface area contributed by atoms with Gasteiger partial charge in [0.2, 0.25) is 0 Å². The molecule has 0 amide bonds. The molecule has 0 unspecified atom stereocenters. The second kappa shape index (κ2) is 6.59. The van der Waals surface area contributed by atoms with Crippen LogP contribution < -0.4 is 10.5 Å². The molecule has 0 radical (unpaired) electrons. The Hall–Kier alpha value is -3.94. The van der Waals surface area contributed by atoms with Crippen LogP contribution in [0.15, 0.2) is 55.1 Å². The van der Waals surface area contributed by atoms with Crippen molar-refractivity contribution in [2.75, 3.05) is 5.73 Å². The number of benzene rings is 1. The number of pyridine rings is 2. The highest BCUT2D eigenvalue weighted by Gasteiger charge is 2.18. The van der Waals surface area contributed by atoms with E-state index in [1.807, 2.05) is 55.1 Å². The Morgan fingerprint density at radius 2 is 2.03 bits per heavy atom. The number of ether oxygens (including phenoxy) is 1. The maximum Gasteiger partial charge on any atom is 0.166 e. The fourth-order valence-electron chi connectivity index (χ4n) is 3.44. The van der Waals surface area contributed by atoms with E-state index in [1.54, 1.807) is 18.6 Å². The van der Waals surface area contributed by atoms with E-state index in [1.165, 1.54) is 0 Å². The number of aromatic amines is 1. The summed E-state index contributed by atoms with van der Waals surface area (Å²) in [7, 11) is 0. The lowest BCUT2D eigenvalue weighted by atomic mass is 10.1. The van der Waals surface area contributed by atoms with E-state index >= 15 is 0 Å². The molecule has 1 atom stereocenters. The number of rotatable bonds is 4. The van der Waals surface area contributed by atoms with Gasteiger partial charge in [-0.1, -0.05) is 0 Å².